The van der Waals surface area contributed by atoms with Gasteiger partial charge in [-0.2, -0.15) is 0 Å². The number of carbonyl (C=O) groups is 2. The molecule has 6 nitrogen and oxygen atoms in total. The Kier molecular flexibility index (Phi) is 8.00. The normalized spacial score (nSPS) is 14.5. The van der Waals surface area contributed by atoms with Gasteiger partial charge in [-0.25, -0.2) is 0 Å². The van der Waals surface area contributed by atoms with Crippen LogP contribution in [0.4, 0.5) is 4.79 Å². The Morgan fingerprint density at radius 2 is 1.74 bits per heavy atom. The van der Waals surface area contributed by atoms with Gasteiger partial charge in [-0.05, 0) is 60.2 Å². The Morgan fingerprint density at radius 3 is 2.46 bits per heavy atom. The minimum atomic E-state index is -0.369. The molecule has 0 atom stereocenters. The molecule has 1 saturated heterocycles. The SMILES string of the molecule is COc1cc(/C=C2\SC(=O)N(CCOc3ccc(C)cc3)C2=O)cc(Cl)c1OCc1ccccc1. The van der Waals surface area contributed by atoms with Crippen LogP contribution in [0.5, 0.6) is 17.2 Å². The van der Waals surface area contributed by atoms with Crippen LogP contribution in [0.15, 0.2) is 71.6 Å². The van der Waals surface area contributed by atoms with E-state index in [2.05, 4.69) is 0 Å². The molecule has 2 amide bonds. The Hall–Kier alpha value is -3.42. The molecule has 1 heterocycles. The van der Waals surface area contributed by atoms with Crippen LogP contribution in [0.2, 0.25) is 5.02 Å². The molecule has 0 bridgehead atoms. The third kappa shape index (κ3) is 6.18. The maximum Gasteiger partial charge on any atom is 0.293 e. The summed E-state index contributed by atoms with van der Waals surface area (Å²) in [7, 11) is 1.52. The monoisotopic (exact) mass is 509 g/mol. The fourth-order valence-electron chi connectivity index (χ4n) is 3.43. The molecule has 1 aliphatic rings. The van der Waals surface area contributed by atoms with Gasteiger partial charge in [0.25, 0.3) is 11.1 Å². The van der Waals surface area contributed by atoms with Gasteiger partial charge in [0.15, 0.2) is 11.5 Å². The van der Waals surface area contributed by atoms with Crippen molar-refractivity contribution in [2.24, 2.45) is 0 Å². The topological polar surface area (TPSA) is 65.1 Å². The van der Waals surface area contributed by atoms with Crippen molar-refractivity contribution in [2.75, 3.05) is 20.3 Å². The zero-order valence-corrected chi connectivity index (χ0v) is 20.9. The van der Waals surface area contributed by atoms with Crippen LogP contribution in [0, 0.1) is 6.92 Å². The summed E-state index contributed by atoms with van der Waals surface area (Å²) in [6.45, 7) is 2.69. The number of carbonyl (C=O) groups excluding carboxylic acids is 2. The van der Waals surface area contributed by atoms with Gasteiger partial charge in [-0.15, -0.1) is 0 Å². The predicted molar refractivity (Wildman–Crippen MR) is 138 cm³/mol. The van der Waals surface area contributed by atoms with Crippen LogP contribution < -0.4 is 14.2 Å². The van der Waals surface area contributed by atoms with E-state index in [1.54, 1.807) is 18.2 Å². The lowest BCUT2D eigenvalue weighted by atomic mass is 10.1. The van der Waals surface area contributed by atoms with Crippen molar-refractivity contribution < 1.29 is 23.8 Å². The van der Waals surface area contributed by atoms with Gasteiger partial charge >= 0.3 is 0 Å². The number of aryl methyl sites for hydroxylation is 1. The molecule has 180 valence electrons. The van der Waals surface area contributed by atoms with Crippen molar-refractivity contribution in [3.63, 3.8) is 0 Å². The molecule has 0 spiro atoms. The Labute approximate surface area is 213 Å². The number of benzene rings is 3. The summed E-state index contributed by atoms with van der Waals surface area (Å²) < 4.78 is 17.0. The van der Waals surface area contributed by atoms with Crippen LogP contribution in [0.1, 0.15) is 16.7 Å². The summed E-state index contributed by atoms with van der Waals surface area (Å²) in [5, 5.41) is 0.00638. The average Bonchev–Trinajstić information content (AvgIpc) is 3.12. The predicted octanol–water partition coefficient (Wildman–Crippen LogP) is 6.35. The van der Waals surface area contributed by atoms with Crippen molar-refractivity contribution in [2.45, 2.75) is 13.5 Å². The van der Waals surface area contributed by atoms with Crippen LogP contribution >= 0.6 is 23.4 Å². The summed E-state index contributed by atoms with van der Waals surface area (Å²) in [6, 6.07) is 20.7. The number of imide groups is 1. The van der Waals surface area contributed by atoms with E-state index in [1.807, 2.05) is 61.5 Å². The quantitative estimate of drug-likeness (QED) is 0.313. The lowest BCUT2D eigenvalue weighted by Crippen LogP contribution is -2.32. The first-order chi connectivity index (χ1) is 16.9. The fourth-order valence-corrected chi connectivity index (χ4v) is 4.57. The highest BCUT2D eigenvalue weighted by Crippen LogP contribution is 2.39. The molecule has 1 aliphatic heterocycles. The molecule has 0 unspecified atom stereocenters. The number of ether oxygens (including phenoxy) is 3. The molecular weight excluding hydrogens is 486 g/mol. The van der Waals surface area contributed by atoms with Gasteiger partial charge in [0.1, 0.15) is 19.0 Å². The van der Waals surface area contributed by atoms with E-state index in [1.165, 1.54) is 12.0 Å². The first kappa shape index (κ1) is 24.7. The molecule has 4 rings (SSSR count). The molecule has 8 heteroatoms. The Bertz CT molecular complexity index is 1240. The smallest absolute Gasteiger partial charge is 0.293 e. The van der Waals surface area contributed by atoms with E-state index in [4.69, 9.17) is 25.8 Å². The van der Waals surface area contributed by atoms with E-state index in [0.29, 0.717) is 39.3 Å². The number of halogens is 1. The van der Waals surface area contributed by atoms with Crippen molar-refractivity contribution in [3.05, 3.63) is 93.3 Å². The first-order valence-electron chi connectivity index (χ1n) is 10.9. The average molecular weight is 510 g/mol. The number of amides is 2. The highest BCUT2D eigenvalue weighted by molar-refractivity contribution is 8.18. The van der Waals surface area contributed by atoms with Crippen molar-refractivity contribution >= 4 is 40.6 Å². The van der Waals surface area contributed by atoms with Gasteiger partial charge in [0, 0.05) is 0 Å². The van der Waals surface area contributed by atoms with Gasteiger partial charge in [-0.1, -0.05) is 59.6 Å². The maximum atomic E-state index is 12.8. The lowest BCUT2D eigenvalue weighted by Gasteiger charge is -2.14. The second kappa shape index (κ2) is 11.3. The molecule has 3 aromatic carbocycles. The minimum Gasteiger partial charge on any atom is -0.493 e. The lowest BCUT2D eigenvalue weighted by molar-refractivity contribution is -0.123. The van der Waals surface area contributed by atoms with Crippen LogP contribution in [-0.2, 0) is 11.4 Å². The van der Waals surface area contributed by atoms with Crippen molar-refractivity contribution in [1.29, 1.82) is 0 Å². The fraction of sp³-hybridized carbons (Fsp3) is 0.185. The summed E-state index contributed by atoms with van der Waals surface area (Å²) >= 11 is 7.36. The molecule has 0 aliphatic carbocycles. The highest BCUT2D eigenvalue weighted by atomic mass is 35.5. The summed E-state index contributed by atoms with van der Waals surface area (Å²) in [5.74, 6) is 1.17. The Balaban J connectivity index is 1.43. The molecule has 0 radical (unpaired) electrons. The standard InChI is InChI=1S/C27H24ClNO5S/c1-18-8-10-21(11-9-18)33-13-12-29-26(30)24(35-27(29)31)16-20-14-22(28)25(23(15-20)32-2)34-17-19-6-4-3-5-7-19/h3-11,14-16H,12-13,17H2,1-2H3/b24-16-. The number of rotatable bonds is 9. The van der Waals surface area contributed by atoms with E-state index >= 15 is 0 Å². The zero-order chi connectivity index (χ0) is 24.8. The minimum absolute atomic E-state index is 0.159. The van der Waals surface area contributed by atoms with Crippen LogP contribution in [0.3, 0.4) is 0 Å². The van der Waals surface area contributed by atoms with Gasteiger partial charge in [0.05, 0.1) is 23.6 Å². The van der Waals surface area contributed by atoms with Crippen molar-refractivity contribution in [3.8, 4) is 17.2 Å². The van der Waals surface area contributed by atoms with Crippen molar-refractivity contribution in [1.82, 2.24) is 4.90 Å². The second-order valence-electron chi connectivity index (χ2n) is 7.80. The van der Waals surface area contributed by atoms with Crippen LogP contribution in [0.25, 0.3) is 6.08 Å². The van der Waals surface area contributed by atoms with E-state index in [9.17, 15) is 9.59 Å². The molecule has 0 saturated carbocycles. The third-order valence-electron chi connectivity index (χ3n) is 5.25. The van der Waals surface area contributed by atoms with Gasteiger partial charge in [0.2, 0.25) is 0 Å². The summed E-state index contributed by atoms with van der Waals surface area (Å²) in [6.07, 6.45) is 1.63. The summed E-state index contributed by atoms with van der Waals surface area (Å²) in [4.78, 5) is 26.8. The van der Waals surface area contributed by atoms with E-state index < -0.39 is 0 Å². The number of thioether (sulfide) groups is 1. The van der Waals surface area contributed by atoms with Gasteiger partial charge < -0.3 is 14.2 Å². The number of hydrogen-bond acceptors (Lipinski definition) is 6. The Morgan fingerprint density at radius 1 is 1.00 bits per heavy atom. The first-order valence-corrected chi connectivity index (χ1v) is 12.1. The van der Waals surface area contributed by atoms with E-state index in [-0.39, 0.29) is 24.3 Å². The molecule has 1 fully saturated rings. The molecule has 35 heavy (non-hydrogen) atoms. The van der Waals surface area contributed by atoms with Gasteiger partial charge in [-0.3, -0.25) is 14.5 Å². The largest absolute Gasteiger partial charge is 0.493 e. The number of hydrogen-bond donors (Lipinski definition) is 0. The van der Waals surface area contributed by atoms with E-state index in [0.717, 1.165) is 22.9 Å². The zero-order valence-electron chi connectivity index (χ0n) is 19.3. The third-order valence-corrected chi connectivity index (χ3v) is 6.44. The molecule has 3 aromatic rings. The highest BCUT2D eigenvalue weighted by Gasteiger charge is 2.35. The number of methoxy groups -OCH3 is 1. The number of nitrogens with zero attached hydrogens (tertiary/aromatic N) is 1. The molecular formula is C27H24ClNO5S. The maximum absolute atomic E-state index is 12.8. The van der Waals surface area contributed by atoms with Crippen LogP contribution in [-0.4, -0.2) is 36.3 Å². The molecule has 0 N–H and O–H groups in total. The second-order valence-corrected chi connectivity index (χ2v) is 9.20. The molecule has 0 aromatic heterocycles. The summed E-state index contributed by atoms with van der Waals surface area (Å²) in [5.41, 5.74) is 2.75.